The van der Waals surface area contributed by atoms with Crippen molar-refractivity contribution in [2.75, 3.05) is 0 Å². The van der Waals surface area contributed by atoms with E-state index in [4.69, 9.17) is 0 Å². The minimum Gasteiger partial charge on any atom is -0.364 e. The second-order valence-corrected chi connectivity index (χ2v) is 4.69. The van der Waals surface area contributed by atoms with Crippen LogP contribution in [0.5, 0.6) is 0 Å². The van der Waals surface area contributed by atoms with Crippen LogP contribution in [0.25, 0.3) is 10.1 Å². The molecule has 0 radical (unpaired) electrons. The van der Waals surface area contributed by atoms with Crippen LogP contribution in [0.2, 0.25) is 0 Å². The molecule has 3 nitrogen and oxygen atoms in total. The third-order valence-corrected chi connectivity index (χ3v) is 3.73. The highest BCUT2D eigenvalue weighted by atomic mass is 32.1. The van der Waals surface area contributed by atoms with Gasteiger partial charge in [-0.15, -0.1) is 11.3 Å². The van der Waals surface area contributed by atoms with Gasteiger partial charge in [-0.3, -0.25) is 4.79 Å². The van der Waals surface area contributed by atoms with E-state index in [0.29, 0.717) is 16.5 Å². The maximum Gasteiger partial charge on any atom is 0.188 e. The van der Waals surface area contributed by atoms with Gasteiger partial charge in [-0.25, -0.2) is 0 Å². The second-order valence-electron chi connectivity index (χ2n) is 3.77. The minimum atomic E-state index is -1.53. The van der Waals surface area contributed by atoms with Gasteiger partial charge in [0.1, 0.15) is 0 Å². The van der Waals surface area contributed by atoms with Crippen LogP contribution in [0.1, 0.15) is 23.0 Å². The molecule has 1 aromatic heterocycles. The first-order valence-corrected chi connectivity index (χ1v) is 5.78. The van der Waals surface area contributed by atoms with E-state index >= 15 is 0 Å². The first-order valence-electron chi connectivity index (χ1n) is 4.90. The smallest absolute Gasteiger partial charge is 0.188 e. The monoisotopic (exact) mass is 236 g/mol. The first-order chi connectivity index (χ1) is 7.52. The van der Waals surface area contributed by atoms with Gasteiger partial charge in [-0.05, 0) is 42.5 Å². The van der Waals surface area contributed by atoms with Crippen molar-refractivity contribution in [3.63, 3.8) is 0 Å². The van der Waals surface area contributed by atoms with Gasteiger partial charge in [0, 0.05) is 15.6 Å². The normalized spacial score (nSPS) is 11.3. The number of aliphatic hydroxyl groups excluding tert-OH is 1. The number of aryl methyl sites for hydroxylation is 2. The molecule has 4 heteroatoms. The number of hydrogen-bond donors (Lipinski definition) is 2. The molecule has 2 N–H and O–H groups in total. The van der Waals surface area contributed by atoms with Crippen molar-refractivity contribution in [2.45, 2.75) is 20.1 Å². The van der Waals surface area contributed by atoms with E-state index in [1.807, 2.05) is 6.92 Å². The van der Waals surface area contributed by atoms with Crippen molar-refractivity contribution < 1.29 is 10.2 Å². The Hall–Kier alpha value is -1.23. The molecule has 2 aromatic rings. The molecule has 0 bridgehead atoms. The summed E-state index contributed by atoms with van der Waals surface area (Å²) in [5.74, 6) is 0. The third kappa shape index (κ3) is 1.65. The summed E-state index contributed by atoms with van der Waals surface area (Å²) in [6.45, 7) is 3.61. The van der Waals surface area contributed by atoms with Crippen molar-refractivity contribution in [3.05, 3.63) is 44.4 Å². The zero-order valence-corrected chi connectivity index (χ0v) is 9.84. The summed E-state index contributed by atoms with van der Waals surface area (Å²) in [5, 5.41) is 20.8. The predicted molar refractivity (Wildman–Crippen MR) is 64.7 cm³/mol. The lowest BCUT2D eigenvalue weighted by atomic mass is 10.0. The Morgan fingerprint density at radius 1 is 1.31 bits per heavy atom. The van der Waals surface area contributed by atoms with Crippen LogP contribution in [-0.4, -0.2) is 10.2 Å². The summed E-state index contributed by atoms with van der Waals surface area (Å²) < 4.78 is 0.911. The summed E-state index contributed by atoms with van der Waals surface area (Å²) in [6.07, 6.45) is -1.53. The molecule has 0 saturated carbocycles. The summed E-state index contributed by atoms with van der Waals surface area (Å²) in [4.78, 5) is 11.8. The molecular formula is C12H12O3S. The summed E-state index contributed by atoms with van der Waals surface area (Å²) in [6, 6.07) is 3.23. The molecule has 0 unspecified atom stereocenters. The fourth-order valence-electron chi connectivity index (χ4n) is 1.88. The molecule has 0 spiro atoms. The van der Waals surface area contributed by atoms with Gasteiger partial charge in [-0.1, -0.05) is 0 Å². The molecule has 0 aliphatic carbocycles. The summed E-state index contributed by atoms with van der Waals surface area (Å²) in [7, 11) is 0. The van der Waals surface area contributed by atoms with Crippen LogP contribution in [0.3, 0.4) is 0 Å². The van der Waals surface area contributed by atoms with E-state index in [2.05, 4.69) is 0 Å². The first kappa shape index (κ1) is 11.3. The lowest BCUT2D eigenvalue weighted by Gasteiger charge is -2.12. The van der Waals surface area contributed by atoms with Crippen LogP contribution in [0.4, 0.5) is 0 Å². The van der Waals surface area contributed by atoms with Gasteiger partial charge in [0.15, 0.2) is 11.7 Å². The topological polar surface area (TPSA) is 57.5 Å². The van der Waals surface area contributed by atoms with Gasteiger partial charge in [0.25, 0.3) is 0 Å². The fourth-order valence-corrected chi connectivity index (χ4v) is 2.83. The predicted octanol–water partition coefficient (Wildman–Crippen LogP) is 1.86. The van der Waals surface area contributed by atoms with E-state index in [-0.39, 0.29) is 5.43 Å². The van der Waals surface area contributed by atoms with Crippen LogP contribution < -0.4 is 5.43 Å². The van der Waals surface area contributed by atoms with E-state index in [1.165, 1.54) is 17.4 Å². The molecular weight excluding hydrogens is 224 g/mol. The van der Waals surface area contributed by atoms with Crippen molar-refractivity contribution in [1.82, 2.24) is 0 Å². The zero-order valence-electron chi connectivity index (χ0n) is 9.02. The van der Waals surface area contributed by atoms with E-state index < -0.39 is 6.29 Å². The molecule has 1 aromatic carbocycles. The average Bonchev–Trinajstić information content (AvgIpc) is 2.22. The Balaban J connectivity index is 2.98. The second kappa shape index (κ2) is 3.97. The number of fused-ring (bicyclic) bond motifs is 1. The Kier molecular flexibility index (Phi) is 2.80. The Labute approximate surface area is 96.6 Å². The minimum absolute atomic E-state index is 0.0724. The highest BCUT2D eigenvalue weighted by molar-refractivity contribution is 7.16. The maximum atomic E-state index is 11.8. The molecule has 0 aliphatic rings. The fraction of sp³-hybridized carbons (Fsp3) is 0.250. The van der Waals surface area contributed by atoms with Gasteiger partial charge < -0.3 is 10.2 Å². The standard InChI is InChI=1S/C12H12O3S/c1-6-5-8(12(14)15)7(2)10-9(13)3-4-16-11(6)10/h3-5,12,14-15H,1-2H3. The Bertz CT molecular complexity index is 599. The molecule has 0 fully saturated rings. The van der Waals surface area contributed by atoms with Crippen molar-refractivity contribution >= 4 is 21.4 Å². The van der Waals surface area contributed by atoms with Crippen LogP contribution in [0.15, 0.2) is 22.3 Å². The van der Waals surface area contributed by atoms with E-state index in [0.717, 1.165) is 10.3 Å². The molecule has 2 rings (SSSR count). The van der Waals surface area contributed by atoms with Crippen molar-refractivity contribution in [2.24, 2.45) is 0 Å². The maximum absolute atomic E-state index is 11.8. The Morgan fingerprint density at radius 3 is 2.62 bits per heavy atom. The largest absolute Gasteiger partial charge is 0.364 e. The van der Waals surface area contributed by atoms with Crippen LogP contribution in [-0.2, 0) is 0 Å². The molecule has 16 heavy (non-hydrogen) atoms. The van der Waals surface area contributed by atoms with E-state index in [9.17, 15) is 15.0 Å². The number of rotatable bonds is 1. The highest BCUT2D eigenvalue weighted by Crippen LogP contribution is 2.28. The molecule has 1 heterocycles. The van der Waals surface area contributed by atoms with Gasteiger partial charge >= 0.3 is 0 Å². The lowest BCUT2D eigenvalue weighted by Crippen LogP contribution is -2.06. The SMILES string of the molecule is Cc1cc(C(O)O)c(C)c2c(=O)ccsc12. The van der Waals surface area contributed by atoms with Gasteiger partial charge in [0.2, 0.25) is 0 Å². The van der Waals surface area contributed by atoms with Crippen molar-refractivity contribution in [1.29, 1.82) is 0 Å². The third-order valence-electron chi connectivity index (χ3n) is 2.70. The van der Waals surface area contributed by atoms with Crippen molar-refractivity contribution in [3.8, 4) is 0 Å². The van der Waals surface area contributed by atoms with E-state index in [1.54, 1.807) is 18.4 Å². The molecule has 0 atom stereocenters. The molecule has 0 saturated heterocycles. The van der Waals surface area contributed by atoms with Crippen LogP contribution >= 0.6 is 11.3 Å². The summed E-state index contributed by atoms with van der Waals surface area (Å²) >= 11 is 1.49. The quantitative estimate of drug-likeness (QED) is 0.743. The lowest BCUT2D eigenvalue weighted by molar-refractivity contribution is -0.0428. The molecule has 0 amide bonds. The number of aliphatic hydroxyl groups is 2. The number of hydrogen-bond acceptors (Lipinski definition) is 4. The molecule has 84 valence electrons. The number of benzene rings is 1. The van der Waals surface area contributed by atoms with Gasteiger partial charge in [0.05, 0.1) is 0 Å². The Morgan fingerprint density at radius 2 is 2.00 bits per heavy atom. The van der Waals surface area contributed by atoms with Gasteiger partial charge in [-0.2, -0.15) is 0 Å². The average molecular weight is 236 g/mol. The zero-order chi connectivity index (χ0) is 11.9. The molecule has 0 aliphatic heterocycles. The van der Waals surface area contributed by atoms with Crippen LogP contribution in [0, 0.1) is 13.8 Å². The summed E-state index contributed by atoms with van der Waals surface area (Å²) in [5.41, 5.74) is 1.88. The highest BCUT2D eigenvalue weighted by Gasteiger charge is 2.13.